The summed E-state index contributed by atoms with van der Waals surface area (Å²) in [5, 5.41) is 8.32. The lowest BCUT2D eigenvalue weighted by atomic mass is 10.1. The average molecular weight is 412 g/mol. The van der Waals surface area contributed by atoms with Gasteiger partial charge in [-0.3, -0.25) is 15.1 Å². The van der Waals surface area contributed by atoms with Crippen molar-refractivity contribution in [3.05, 3.63) is 43.1 Å². The highest BCUT2D eigenvalue weighted by Crippen LogP contribution is 2.30. The third kappa shape index (κ3) is 3.08. The van der Waals surface area contributed by atoms with Crippen molar-refractivity contribution in [2.45, 2.75) is 0 Å². The van der Waals surface area contributed by atoms with Crippen LogP contribution in [0.25, 0.3) is 44.8 Å². The molecule has 1 aliphatic heterocycles. The first-order chi connectivity index (χ1) is 15.3. The summed E-state index contributed by atoms with van der Waals surface area (Å²) in [6, 6.07) is 3.96. The minimum Gasteiger partial charge on any atom is -0.352 e. The fraction of sp³-hybridized carbons (Fsp3) is 0.238. The number of aromatic amines is 2. The number of anilines is 1. The molecule has 1 aliphatic rings. The normalized spacial score (nSPS) is 15.2. The van der Waals surface area contributed by atoms with Gasteiger partial charge in [0.25, 0.3) is 0 Å². The molecule has 10 heteroatoms. The molecule has 5 aromatic rings. The van der Waals surface area contributed by atoms with Crippen LogP contribution in [0.3, 0.4) is 0 Å². The number of rotatable bonds is 3. The summed E-state index contributed by atoms with van der Waals surface area (Å²) in [6.45, 7) is 3.89. The Balaban J connectivity index is 1.44. The number of fused-ring (bicyclic) bond motifs is 2. The maximum Gasteiger partial charge on any atom is 0.181 e. The number of nitrogens with one attached hydrogen (secondary N) is 2. The molecular formula is C21H20N10. The van der Waals surface area contributed by atoms with Gasteiger partial charge in [0, 0.05) is 56.5 Å². The average Bonchev–Trinajstić information content (AvgIpc) is 3.43. The zero-order valence-corrected chi connectivity index (χ0v) is 16.9. The summed E-state index contributed by atoms with van der Waals surface area (Å²) < 4.78 is 0. The topological polar surface area (TPSA) is 115 Å². The second-order valence-electron chi connectivity index (χ2n) is 7.69. The molecule has 0 aliphatic carbocycles. The Hall–Kier alpha value is -3.92. The van der Waals surface area contributed by atoms with Crippen LogP contribution in [0.15, 0.2) is 43.1 Å². The summed E-state index contributed by atoms with van der Waals surface area (Å²) in [5.41, 5.74) is 4.85. The third-order valence-electron chi connectivity index (χ3n) is 5.69. The number of hydrogen-bond acceptors (Lipinski definition) is 8. The third-order valence-corrected chi connectivity index (χ3v) is 5.69. The van der Waals surface area contributed by atoms with Crippen molar-refractivity contribution in [1.82, 2.24) is 45.0 Å². The van der Waals surface area contributed by atoms with Gasteiger partial charge in [0.1, 0.15) is 11.2 Å². The molecule has 0 radical (unpaired) electrons. The fourth-order valence-electron chi connectivity index (χ4n) is 3.96. The zero-order chi connectivity index (χ0) is 20.8. The van der Waals surface area contributed by atoms with E-state index in [2.05, 4.69) is 52.0 Å². The van der Waals surface area contributed by atoms with Gasteiger partial charge >= 0.3 is 0 Å². The van der Waals surface area contributed by atoms with Crippen molar-refractivity contribution in [2.24, 2.45) is 0 Å². The number of likely N-dealkylation sites (N-methyl/N-ethyl adjacent to an activating group) is 1. The Kier molecular flexibility index (Phi) is 4.10. The van der Waals surface area contributed by atoms with E-state index in [1.54, 1.807) is 24.8 Å². The Morgan fingerprint density at radius 2 is 1.87 bits per heavy atom. The van der Waals surface area contributed by atoms with Gasteiger partial charge in [-0.2, -0.15) is 5.10 Å². The van der Waals surface area contributed by atoms with Crippen LogP contribution in [-0.4, -0.2) is 78.2 Å². The number of nitrogens with zero attached hydrogens (tertiary/aromatic N) is 8. The molecule has 0 spiro atoms. The summed E-state index contributed by atoms with van der Waals surface area (Å²) in [7, 11) is 2.14. The zero-order valence-electron chi connectivity index (χ0n) is 16.9. The molecule has 6 heterocycles. The maximum atomic E-state index is 4.90. The van der Waals surface area contributed by atoms with Crippen molar-refractivity contribution in [3.8, 4) is 22.8 Å². The second kappa shape index (κ2) is 7.10. The molecule has 0 aromatic carbocycles. The van der Waals surface area contributed by atoms with Crippen LogP contribution in [0.2, 0.25) is 0 Å². The van der Waals surface area contributed by atoms with Crippen LogP contribution >= 0.6 is 0 Å². The highest BCUT2D eigenvalue weighted by molar-refractivity contribution is 5.95. The first kappa shape index (κ1) is 17.9. The van der Waals surface area contributed by atoms with Gasteiger partial charge in [-0.25, -0.2) is 15.0 Å². The molecule has 2 N–H and O–H groups in total. The minimum absolute atomic E-state index is 0.625. The van der Waals surface area contributed by atoms with E-state index in [-0.39, 0.29) is 0 Å². The Bertz CT molecular complexity index is 1370. The Morgan fingerprint density at radius 1 is 0.968 bits per heavy atom. The van der Waals surface area contributed by atoms with Crippen LogP contribution in [0, 0.1) is 0 Å². The summed E-state index contributed by atoms with van der Waals surface area (Å²) in [5.74, 6) is 1.62. The summed E-state index contributed by atoms with van der Waals surface area (Å²) in [6.07, 6.45) is 8.63. The monoisotopic (exact) mass is 412 g/mol. The largest absolute Gasteiger partial charge is 0.352 e. The summed E-state index contributed by atoms with van der Waals surface area (Å²) >= 11 is 0. The van der Waals surface area contributed by atoms with E-state index in [0.29, 0.717) is 11.5 Å². The van der Waals surface area contributed by atoms with Crippen molar-refractivity contribution < 1.29 is 0 Å². The van der Waals surface area contributed by atoms with Gasteiger partial charge in [0.2, 0.25) is 0 Å². The molecule has 154 valence electrons. The minimum atomic E-state index is 0.625. The Morgan fingerprint density at radius 3 is 2.71 bits per heavy atom. The highest BCUT2D eigenvalue weighted by atomic mass is 15.3. The molecule has 1 fully saturated rings. The van der Waals surface area contributed by atoms with Crippen LogP contribution in [-0.2, 0) is 0 Å². The van der Waals surface area contributed by atoms with Gasteiger partial charge < -0.3 is 14.8 Å². The molecule has 0 atom stereocenters. The van der Waals surface area contributed by atoms with E-state index < -0.39 is 0 Å². The van der Waals surface area contributed by atoms with Gasteiger partial charge in [-0.05, 0) is 19.2 Å². The van der Waals surface area contributed by atoms with Crippen LogP contribution in [0.4, 0.5) is 5.82 Å². The number of piperazine rings is 1. The molecule has 31 heavy (non-hydrogen) atoms. The summed E-state index contributed by atoms with van der Waals surface area (Å²) in [4.78, 5) is 30.6. The lowest BCUT2D eigenvalue weighted by Crippen LogP contribution is -2.44. The van der Waals surface area contributed by atoms with E-state index in [4.69, 9.17) is 4.98 Å². The number of hydrogen-bond donors (Lipinski definition) is 2. The number of pyridine rings is 2. The number of imidazole rings is 1. The first-order valence-corrected chi connectivity index (χ1v) is 10.2. The maximum absolute atomic E-state index is 4.90. The molecule has 0 unspecified atom stereocenters. The molecular weight excluding hydrogens is 392 g/mol. The van der Waals surface area contributed by atoms with Crippen LogP contribution in [0.5, 0.6) is 0 Å². The SMILES string of the molecule is CN1CCN(c2nccc3[nH]c(-c4[nH]nc5ncc(-c6cnccn6)cc45)nc23)CC1. The van der Waals surface area contributed by atoms with Crippen molar-refractivity contribution in [3.63, 3.8) is 0 Å². The number of aromatic nitrogens is 8. The molecule has 6 rings (SSSR count). The molecule has 0 saturated carbocycles. The molecule has 0 amide bonds. The van der Waals surface area contributed by atoms with E-state index in [1.807, 2.05) is 18.3 Å². The van der Waals surface area contributed by atoms with Crippen LogP contribution < -0.4 is 4.90 Å². The molecule has 10 nitrogen and oxygen atoms in total. The highest BCUT2D eigenvalue weighted by Gasteiger charge is 2.21. The standard InChI is InChI=1S/C21H20N10/c1-30-6-8-31(9-7-30)21-18-15(2-3-24-21)26-20(27-18)17-14-10-13(11-25-19(14)29-28-17)16-12-22-4-5-23-16/h2-5,10-12H,6-9H2,1H3,(H,26,27)(H,25,28,29). The smallest absolute Gasteiger partial charge is 0.181 e. The van der Waals surface area contributed by atoms with E-state index in [9.17, 15) is 0 Å². The molecule has 1 saturated heterocycles. The molecule has 0 bridgehead atoms. The fourth-order valence-corrected chi connectivity index (χ4v) is 3.96. The van der Waals surface area contributed by atoms with Crippen molar-refractivity contribution in [2.75, 3.05) is 38.1 Å². The van der Waals surface area contributed by atoms with E-state index in [1.165, 1.54) is 0 Å². The molecule has 5 aromatic heterocycles. The predicted octanol–water partition coefficient (Wildman–Crippen LogP) is 2.10. The van der Waals surface area contributed by atoms with Crippen molar-refractivity contribution in [1.29, 1.82) is 0 Å². The number of H-pyrrole nitrogens is 2. The van der Waals surface area contributed by atoms with Crippen molar-refractivity contribution >= 4 is 27.9 Å². The lowest BCUT2D eigenvalue weighted by molar-refractivity contribution is 0.312. The van der Waals surface area contributed by atoms with Gasteiger partial charge in [0.15, 0.2) is 17.3 Å². The lowest BCUT2D eigenvalue weighted by Gasteiger charge is -2.33. The van der Waals surface area contributed by atoms with Gasteiger partial charge in [-0.15, -0.1) is 0 Å². The van der Waals surface area contributed by atoms with Gasteiger partial charge in [-0.1, -0.05) is 0 Å². The quantitative estimate of drug-likeness (QED) is 0.463. The predicted molar refractivity (Wildman–Crippen MR) is 118 cm³/mol. The first-order valence-electron chi connectivity index (χ1n) is 10.2. The Labute approximate surface area is 177 Å². The van der Waals surface area contributed by atoms with E-state index in [0.717, 1.165) is 65.4 Å². The second-order valence-corrected chi connectivity index (χ2v) is 7.69. The van der Waals surface area contributed by atoms with Gasteiger partial charge in [0.05, 0.1) is 22.8 Å². The van der Waals surface area contributed by atoms with E-state index >= 15 is 0 Å². The van der Waals surface area contributed by atoms with Crippen LogP contribution in [0.1, 0.15) is 0 Å².